The summed E-state index contributed by atoms with van der Waals surface area (Å²) in [4.78, 5) is 20.9. The van der Waals surface area contributed by atoms with E-state index >= 15 is 0 Å². The Balaban J connectivity index is 1.36. The van der Waals surface area contributed by atoms with E-state index in [0.29, 0.717) is 25.6 Å². The van der Waals surface area contributed by atoms with Crippen LogP contribution >= 0.6 is 0 Å². The Kier molecular flexibility index (Phi) is 6.44. The van der Waals surface area contributed by atoms with E-state index in [1.165, 1.54) is 24.0 Å². The van der Waals surface area contributed by atoms with Gasteiger partial charge in [-0.05, 0) is 68.9 Å². The van der Waals surface area contributed by atoms with E-state index in [1.807, 2.05) is 39.1 Å². The second-order valence-electron chi connectivity index (χ2n) is 9.55. The molecule has 1 aromatic carbocycles. The van der Waals surface area contributed by atoms with Crippen molar-refractivity contribution < 1.29 is 14.3 Å². The molecule has 1 aliphatic carbocycles. The molecule has 2 aromatic rings. The maximum absolute atomic E-state index is 12.3. The summed E-state index contributed by atoms with van der Waals surface area (Å²) in [6.45, 7) is 9.23. The zero-order valence-corrected chi connectivity index (χ0v) is 19.6. The van der Waals surface area contributed by atoms with Crippen molar-refractivity contribution in [2.45, 2.75) is 51.7 Å². The molecule has 2 aliphatic rings. The van der Waals surface area contributed by atoms with Crippen LogP contribution in [0, 0.1) is 0 Å². The van der Waals surface area contributed by atoms with E-state index in [-0.39, 0.29) is 6.09 Å². The number of pyridine rings is 1. The van der Waals surface area contributed by atoms with Crippen molar-refractivity contribution in [1.29, 1.82) is 0 Å². The normalized spacial score (nSPS) is 16.6. The number of amides is 1. The predicted molar refractivity (Wildman–Crippen MR) is 127 cm³/mol. The molecule has 1 N–H and O–H groups in total. The summed E-state index contributed by atoms with van der Waals surface area (Å²) < 4.78 is 10.9. The number of anilines is 2. The lowest BCUT2D eigenvalue weighted by Crippen LogP contribution is -2.50. The molecule has 7 nitrogen and oxygen atoms in total. The van der Waals surface area contributed by atoms with Gasteiger partial charge in [0.2, 0.25) is 0 Å². The molecule has 0 unspecified atom stereocenters. The molecule has 172 valence electrons. The quantitative estimate of drug-likeness (QED) is 0.709. The Bertz CT molecular complexity index is 944. The van der Waals surface area contributed by atoms with Gasteiger partial charge in [-0.15, -0.1) is 0 Å². The van der Waals surface area contributed by atoms with Gasteiger partial charge < -0.3 is 24.6 Å². The number of benzene rings is 1. The number of hydrogen-bond donors (Lipinski definition) is 1. The van der Waals surface area contributed by atoms with Crippen molar-refractivity contribution in [3.05, 3.63) is 47.7 Å². The SMILES string of the molecule is COc1ccc(C2CC2)c(CNc2cc(N3CCN(C(=O)OC(C)(C)C)CC3)ccn2)c1. The molecule has 4 rings (SSSR count). The Labute approximate surface area is 190 Å². The smallest absolute Gasteiger partial charge is 0.410 e. The largest absolute Gasteiger partial charge is 0.497 e. The Hall–Kier alpha value is -2.96. The predicted octanol–water partition coefficient (Wildman–Crippen LogP) is 4.64. The van der Waals surface area contributed by atoms with Crippen LogP contribution in [0.3, 0.4) is 0 Å². The number of piperazine rings is 1. The van der Waals surface area contributed by atoms with Gasteiger partial charge in [0.25, 0.3) is 0 Å². The number of aromatic nitrogens is 1. The number of methoxy groups -OCH3 is 1. The number of carbonyl (C=O) groups excluding carboxylic acids is 1. The first kappa shape index (κ1) is 22.2. The van der Waals surface area contributed by atoms with Gasteiger partial charge in [0.1, 0.15) is 17.2 Å². The van der Waals surface area contributed by atoms with Gasteiger partial charge in [0, 0.05) is 50.7 Å². The number of nitrogens with zero attached hydrogens (tertiary/aromatic N) is 3. The molecule has 32 heavy (non-hydrogen) atoms. The Morgan fingerprint density at radius 3 is 2.53 bits per heavy atom. The van der Waals surface area contributed by atoms with E-state index in [0.717, 1.165) is 30.3 Å². The van der Waals surface area contributed by atoms with Gasteiger partial charge >= 0.3 is 6.09 Å². The zero-order chi connectivity index (χ0) is 22.7. The molecular formula is C25H34N4O3. The summed E-state index contributed by atoms with van der Waals surface area (Å²) in [5, 5.41) is 3.49. The third kappa shape index (κ3) is 5.64. The molecule has 0 radical (unpaired) electrons. The zero-order valence-electron chi connectivity index (χ0n) is 19.6. The molecule has 0 bridgehead atoms. The summed E-state index contributed by atoms with van der Waals surface area (Å²) in [5.74, 6) is 2.41. The van der Waals surface area contributed by atoms with Crippen LogP contribution in [0.5, 0.6) is 5.75 Å². The number of hydrogen-bond acceptors (Lipinski definition) is 6. The fraction of sp³-hybridized carbons (Fsp3) is 0.520. The molecule has 1 aliphatic heterocycles. The Morgan fingerprint density at radius 2 is 1.88 bits per heavy atom. The van der Waals surface area contributed by atoms with Gasteiger partial charge in [-0.3, -0.25) is 0 Å². The topological polar surface area (TPSA) is 66.9 Å². The third-order valence-electron chi connectivity index (χ3n) is 5.87. The molecule has 1 saturated carbocycles. The van der Waals surface area contributed by atoms with Gasteiger partial charge in [-0.2, -0.15) is 0 Å². The number of nitrogens with one attached hydrogen (secondary N) is 1. The molecule has 0 spiro atoms. The molecule has 2 heterocycles. The van der Waals surface area contributed by atoms with Crippen LogP contribution < -0.4 is 15.0 Å². The second-order valence-corrected chi connectivity index (χ2v) is 9.55. The van der Waals surface area contributed by atoms with E-state index in [4.69, 9.17) is 9.47 Å². The maximum atomic E-state index is 12.3. The minimum absolute atomic E-state index is 0.237. The van der Waals surface area contributed by atoms with Gasteiger partial charge in [0.05, 0.1) is 7.11 Å². The summed E-state index contributed by atoms with van der Waals surface area (Å²) in [7, 11) is 1.71. The van der Waals surface area contributed by atoms with Crippen LogP contribution in [-0.2, 0) is 11.3 Å². The van der Waals surface area contributed by atoms with Gasteiger partial charge in [0.15, 0.2) is 0 Å². The standard InChI is InChI=1S/C25H34N4O3/c1-25(2,3)32-24(30)29-13-11-28(12-14-29)20-9-10-26-23(16-20)27-17-19-15-21(31-4)7-8-22(19)18-5-6-18/h7-10,15-16,18H,5-6,11-14,17H2,1-4H3,(H,26,27). The van der Waals surface area contributed by atoms with Crippen molar-refractivity contribution >= 4 is 17.6 Å². The van der Waals surface area contributed by atoms with E-state index in [1.54, 1.807) is 12.0 Å². The lowest BCUT2D eigenvalue weighted by molar-refractivity contribution is 0.0240. The van der Waals surface area contributed by atoms with Gasteiger partial charge in [-0.1, -0.05) is 6.07 Å². The van der Waals surface area contributed by atoms with Crippen molar-refractivity contribution in [2.24, 2.45) is 0 Å². The van der Waals surface area contributed by atoms with Crippen LogP contribution in [-0.4, -0.2) is 54.9 Å². The third-order valence-corrected chi connectivity index (χ3v) is 5.87. The minimum Gasteiger partial charge on any atom is -0.497 e. The first-order valence-corrected chi connectivity index (χ1v) is 11.4. The summed E-state index contributed by atoms with van der Waals surface area (Å²) in [6, 6.07) is 10.5. The second kappa shape index (κ2) is 9.27. The molecule has 1 saturated heterocycles. The fourth-order valence-electron chi connectivity index (χ4n) is 4.03. The minimum atomic E-state index is -0.470. The Morgan fingerprint density at radius 1 is 1.12 bits per heavy atom. The average Bonchev–Trinajstić information content (AvgIpc) is 3.62. The molecule has 2 fully saturated rings. The first-order valence-electron chi connectivity index (χ1n) is 11.4. The molecule has 7 heteroatoms. The van der Waals surface area contributed by atoms with E-state index in [9.17, 15) is 4.79 Å². The molecular weight excluding hydrogens is 404 g/mol. The van der Waals surface area contributed by atoms with Crippen LogP contribution in [0.1, 0.15) is 50.7 Å². The van der Waals surface area contributed by atoms with Crippen LogP contribution in [0.4, 0.5) is 16.3 Å². The highest BCUT2D eigenvalue weighted by molar-refractivity contribution is 5.68. The van der Waals surface area contributed by atoms with Crippen molar-refractivity contribution in [1.82, 2.24) is 9.88 Å². The van der Waals surface area contributed by atoms with E-state index < -0.39 is 5.60 Å². The lowest BCUT2D eigenvalue weighted by Gasteiger charge is -2.36. The number of rotatable bonds is 6. The van der Waals surface area contributed by atoms with Crippen molar-refractivity contribution in [3.63, 3.8) is 0 Å². The maximum Gasteiger partial charge on any atom is 0.410 e. The molecule has 0 atom stereocenters. The van der Waals surface area contributed by atoms with Crippen LogP contribution in [0.25, 0.3) is 0 Å². The summed E-state index contributed by atoms with van der Waals surface area (Å²) in [6.07, 6.45) is 4.13. The van der Waals surface area contributed by atoms with Crippen molar-refractivity contribution in [3.8, 4) is 5.75 Å². The van der Waals surface area contributed by atoms with Crippen LogP contribution in [0.15, 0.2) is 36.5 Å². The van der Waals surface area contributed by atoms with Gasteiger partial charge in [-0.25, -0.2) is 9.78 Å². The highest BCUT2D eigenvalue weighted by Crippen LogP contribution is 2.42. The number of ether oxygens (including phenoxy) is 2. The average molecular weight is 439 g/mol. The van der Waals surface area contributed by atoms with Crippen molar-refractivity contribution in [2.75, 3.05) is 43.5 Å². The first-order chi connectivity index (χ1) is 15.3. The lowest BCUT2D eigenvalue weighted by atomic mass is 10.0. The fourth-order valence-corrected chi connectivity index (χ4v) is 4.03. The molecule has 1 amide bonds. The summed E-state index contributed by atoms with van der Waals surface area (Å²) in [5.41, 5.74) is 3.32. The number of carbonyl (C=O) groups is 1. The van der Waals surface area contributed by atoms with E-state index in [2.05, 4.69) is 33.4 Å². The highest BCUT2D eigenvalue weighted by Gasteiger charge is 2.27. The molecule has 1 aromatic heterocycles. The van der Waals surface area contributed by atoms with Crippen LogP contribution in [0.2, 0.25) is 0 Å². The monoisotopic (exact) mass is 438 g/mol. The summed E-state index contributed by atoms with van der Waals surface area (Å²) >= 11 is 0. The highest BCUT2D eigenvalue weighted by atomic mass is 16.6.